The van der Waals surface area contributed by atoms with E-state index < -0.39 is 0 Å². The summed E-state index contributed by atoms with van der Waals surface area (Å²) < 4.78 is 0. The van der Waals surface area contributed by atoms with Gasteiger partial charge in [-0.05, 0) is 26.0 Å². The van der Waals surface area contributed by atoms with Crippen molar-refractivity contribution in [3.63, 3.8) is 0 Å². The molecule has 1 amide bonds. The molecule has 2 rings (SSSR count). The predicted molar refractivity (Wildman–Crippen MR) is 64.1 cm³/mol. The Kier molecular flexibility index (Phi) is 3.25. The summed E-state index contributed by atoms with van der Waals surface area (Å²) in [6, 6.07) is 8.38. The summed E-state index contributed by atoms with van der Waals surface area (Å²) in [6.07, 6.45) is 0.918. The normalized spacial score (nSPS) is 20.5. The first-order valence-corrected chi connectivity index (χ1v) is 5.72. The van der Waals surface area contributed by atoms with Crippen LogP contribution in [0.5, 0.6) is 0 Å². The van der Waals surface area contributed by atoms with Crippen molar-refractivity contribution < 1.29 is 4.79 Å². The molecule has 0 spiro atoms. The molecular weight excluding hydrogens is 200 g/mol. The van der Waals surface area contributed by atoms with Crippen molar-refractivity contribution in [1.82, 2.24) is 10.2 Å². The topological polar surface area (TPSA) is 32.3 Å². The fourth-order valence-electron chi connectivity index (χ4n) is 2.08. The average Bonchev–Trinajstić information content (AvgIpc) is 2.63. The molecule has 1 aromatic rings. The third-order valence-electron chi connectivity index (χ3n) is 3.14. The van der Waals surface area contributed by atoms with Gasteiger partial charge in [0.05, 0.1) is 6.04 Å². The zero-order chi connectivity index (χ0) is 11.5. The van der Waals surface area contributed by atoms with Gasteiger partial charge in [-0.15, -0.1) is 0 Å². The molecule has 1 aromatic carbocycles. The highest BCUT2D eigenvalue weighted by atomic mass is 16.2. The van der Waals surface area contributed by atoms with E-state index in [0.29, 0.717) is 0 Å². The summed E-state index contributed by atoms with van der Waals surface area (Å²) in [5.74, 6) is 0.225. The highest BCUT2D eigenvalue weighted by molar-refractivity contribution is 5.83. The van der Waals surface area contributed by atoms with E-state index in [1.54, 1.807) is 0 Å². The first kappa shape index (κ1) is 11.1. The van der Waals surface area contributed by atoms with E-state index in [-0.39, 0.29) is 11.9 Å². The molecule has 1 saturated heterocycles. The molecule has 86 valence electrons. The lowest BCUT2D eigenvalue weighted by Crippen LogP contribution is -2.35. The van der Waals surface area contributed by atoms with E-state index in [1.165, 1.54) is 11.1 Å². The van der Waals surface area contributed by atoms with E-state index in [0.717, 1.165) is 19.5 Å². The smallest absolute Gasteiger partial charge is 0.240 e. The zero-order valence-corrected chi connectivity index (χ0v) is 9.86. The summed E-state index contributed by atoms with van der Waals surface area (Å²) in [7, 11) is 1.85. The van der Waals surface area contributed by atoms with Crippen LogP contribution in [0.2, 0.25) is 0 Å². The maximum atomic E-state index is 11.9. The number of nitrogens with one attached hydrogen (secondary N) is 1. The number of likely N-dealkylation sites (tertiary alicyclic amines) is 1. The number of hydrogen-bond acceptors (Lipinski definition) is 2. The summed E-state index contributed by atoms with van der Waals surface area (Å²) in [5, 5.41) is 3.05. The maximum Gasteiger partial charge on any atom is 0.240 e. The number of benzene rings is 1. The third-order valence-corrected chi connectivity index (χ3v) is 3.14. The number of nitrogens with zero attached hydrogens (tertiary/aromatic N) is 1. The number of hydrogen-bond donors (Lipinski definition) is 1. The van der Waals surface area contributed by atoms with E-state index in [1.807, 2.05) is 11.9 Å². The summed E-state index contributed by atoms with van der Waals surface area (Å²) >= 11 is 0. The number of rotatable bonds is 3. The lowest BCUT2D eigenvalue weighted by Gasteiger charge is -2.16. The second kappa shape index (κ2) is 4.66. The van der Waals surface area contributed by atoms with Crippen LogP contribution in [0.4, 0.5) is 0 Å². The van der Waals surface area contributed by atoms with Crippen molar-refractivity contribution in [3.8, 4) is 0 Å². The van der Waals surface area contributed by atoms with Crippen LogP contribution in [0, 0.1) is 6.92 Å². The van der Waals surface area contributed by atoms with Crippen molar-refractivity contribution >= 4 is 5.91 Å². The number of carbonyl (C=O) groups is 1. The standard InChI is InChI=1S/C13H18N2O/c1-10-3-5-11(6-4-10)9-15-8-7-12(14-2)13(15)16/h3-6,12,14H,7-9H2,1-2H3. The van der Waals surface area contributed by atoms with Gasteiger partial charge in [0.1, 0.15) is 0 Å². The second-order valence-corrected chi connectivity index (χ2v) is 4.38. The van der Waals surface area contributed by atoms with E-state index in [4.69, 9.17) is 0 Å². The van der Waals surface area contributed by atoms with Gasteiger partial charge in [0.25, 0.3) is 0 Å². The monoisotopic (exact) mass is 218 g/mol. The Balaban J connectivity index is 2.01. The molecule has 1 heterocycles. The van der Waals surface area contributed by atoms with E-state index in [9.17, 15) is 4.79 Å². The molecule has 1 N–H and O–H groups in total. The SMILES string of the molecule is CNC1CCN(Cc2ccc(C)cc2)C1=O. The van der Waals surface area contributed by atoms with E-state index >= 15 is 0 Å². The molecule has 1 aliphatic heterocycles. The Hall–Kier alpha value is -1.35. The van der Waals surface area contributed by atoms with Gasteiger partial charge in [0.2, 0.25) is 5.91 Å². The van der Waals surface area contributed by atoms with Crippen molar-refractivity contribution in [2.75, 3.05) is 13.6 Å². The molecule has 1 atom stereocenters. The van der Waals surface area contributed by atoms with Crippen LogP contribution in [-0.2, 0) is 11.3 Å². The molecule has 1 fully saturated rings. The van der Waals surface area contributed by atoms with Gasteiger partial charge in [-0.25, -0.2) is 0 Å². The maximum absolute atomic E-state index is 11.9. The van der Waals surface area contributed by atoms with Crippen molar-refractivity contribution in [1.29, 1.82) is 0 Å². The Morgan fingerprint density at radius 2 is 2.06 bits per heavy atom. The lowest BCUT2D eigenvalue weighted by atomic mass is 10.1. The fourth-order valence-corrected chi connectivity index (χ4v) is 2.08. The molecular formula is C13H18N2O. The van der Waals surface area contributed by atoms with Crippen LogP contribution in [0.15, 0.2) is 24.3 Å². The molecule has 0 saturated carbocycles. The molecule has 3 heteroatoms. The quantitative estimate of drug-likeness (QED) is 0.829. The molecule has 0 aromatic heterocycles. The van der Waals surface area contributed by atoms with Crippen LogP contribution in [0.25, 0.3) is 0 Å². The lowest BCUT2D eigenvalue weighted by molar-refractivity contribution is -0.129. The summed E-state index contributed by atoms with van der Waals surface area (Å²) in [5.41, 5.74) is 2.46. The second-order valence-electron chi connectivity index (χ2n) is 4.38. The molecule has 0 bridgehead atoms. The molecule has 1 unspecified atom stereocenters. The number of carbonyl (C=O) groups excluding carboxylic acids is 1. The van der Waals surface area contributed by atoms with E-state index in [2.05, 4.69) is 36.5 Å². The van der Waals surface area contributed by atoms with Crippen molar-refractivity contribution in [2.45, 2.75) is 25.9 Å². The van der Waals surface area contributed by atoms with Crippen LogP contribution in [-0.4, -0.2) is 30.4 Å². The van der Waals surface area contributed by atoms with Gasteiger partial charge in [0, 0.05) is 13.1 Å². The first-order chi connectivity index (χ1) is 7.70. The van der Waals surface area contributed by atoms with Gasteiger partial charge in [-0.2, -0.15) is 0 Å². The Labute approximate surface area is 96.5 Å². The number of aryl methyl sites for hydroxylation is 1. The minimum atomic E-state index is 0.0189. The molecule has 1 aliphatic rings. The van der Waals surface area contributed by atoms with Crippen LogP contribution in [0.1, 0.15) is 17.5 Å². The van der Waals surface area contributed by atoms with Crippen molar-refractivity contribution in [3.05, 3.63) is 35.4 Å². The van der Waals surface area contributed by atoms with Gasteiger partial charge < -0.3 is 10.2 Å². The number of amides is 1. The predicted octanol–water partition coefficient (Wildman–Crippen LogP) is 1.32. The van der Waals surface area contributed by atoms with Gasteiger partial charge in [0.15, 0.2) is 0 Å². The van der Waals surface area contributed by atoms with Crippen LogP contribution < -0.4 is 5.32 Å². The number of likely N-dealkylation sites (N-methyl/N-ethyl adjacent to an activating group) is 1. The minimum absolute atomic E-state index is 0.0189. The third kappa shape index (κ3) is 2.25. The molecule has 3 nitrogen and oxygen atoms in total. The zero-order valence-electron chi connectivity index (χ0n) is 9.86. The van der Waals surface area contributed by atoms with Gasteiger partial charge >= 0.3 is 0 Å². The summed E-state index contributed by atoms with van der Waals surface area (Å²) in [6.45, 7) is 3.66. The van der Waals surface area contributed by atoms with Gasteiger partial charge in [-0.3, -0.25) is 4.79 Å². The average molecular weight is 218 g/mol. The fraction of sp³-hybridized carbons (Fsp3) is 0.462. The molecule has 0 radical (unpaired) electrons. The highest BCUT2D eigenvalue weighted by Crippen LogP contribution is 2.15. The Morgan fingerprint density at radius 1 is 1.38 bits per heavy atom. The van der Waals surface area contributed by atoms with Crippen LogP contribution >= 0.6 is 0 Å². The molecule has 16 heavy (non-hydrogen) atoms. The Bertz CT molecular complexity index is 372. The molecule has 0 aliphatic carbocycles. The summed E-state index contributed by atoms with van der Waals surface area (Å²) in [4.78, 5) is 13.8. The first-order valence-electron chi connectivity index (χ1n) is 5.72. The Morgan fingerprint density at radius 3 is 2.62 bits per heavy atom. The van der Waals surface area contributed by atoms with Crippen LogP contribution in [0.3, 0.4) is 0 Å². The minimum Gasteiger partial charge on any atom is -0.337 e. The van der Waals surface area contributed by atoms with Gasteiger partial charge in [-0.1, -0.05) is 29.8 Å². The van der Waals surface area contributed by atoms with Crippen molar-refractivity contribution in [2.24, 2.45) is 0 Å². The largest absolute Gasteiger partial charge is 0.337 e. The highest BCUT2D eigenvalue weighted by Gasteiger charge is 2.29.